The lowest BCUT2D eigenvalue weighted by Crippen LogP contribution is -2.45. The van der Waals surface area contributed by atoms with Gasteiger partial charge in [0, 0.05) is 31.5 Å². The van der Waals surface area contributed by atoms with E-state index in [1.807, 2.05) is 29.8 Å². The minimum Gasteiger partial charge on any atom is -0.313 e. The molecule has 4 heteroatoms. The summed E-state index contributed by atoms with van der Waals surface area (Å²) in [6.45, 7) is 6.28. The highest BCUT2D eigenvalue weighted by Crippen LogP contribution is 2.25. The maximum absolute atomic E-state index is 12.4. The fourth-order valence-electron chi connectivity index (χ4n) is 3.33. The van der Waals surface area contributed by atoms with Crippen LogP contribution in [-0.4, -0.2) is 17.8 Å². The van der Waals surface area contributed by atoms with E-state index in [9.17, 15) is 4.79 Å². The van der Waals surface area contributed by atoms with Gasteiger partial charge in [0.15, 0.2) is 0 Å². The van der Waals surface area contributed by atoms with Crippen LogP contribution in [0.1, 0.15) is 30.0 Å². The molecule has 4 nitrogen and oxygen atoms in total. The Morgan fingerprint density at radius 2 is 2.00 bits per heavy atom. The predicted octanol–water partition coefficient (Wildman–Crippen LogP) is 2.16. The van der Waals surface area contributed by atoms with E-state index in [-0.39, 0.29) is 11.1 Å². The highest BCUT2D eigenvalue weighted by atomic mass is 16.1. The molecular formula is C19H25N3O. The van der Waals surface area contributed by atoms with E-state index in [2.05, 4.69) is 41.8 Å². The van der Waals surface area contributed by atoms with Crippen LogP contribution in [-0.2, 0) is 18.5 Å². The number of pyridine rings is 1. The molecule has 0 aliphatic carbocycles. The van der Waals surface area contributed by atoms with Crippen LogP contribution in [0.4, 0.5) is 0 Å². The molecule has 0 spiro atoms. The molecule has 1 saturated heterocycles. The number of hydrogen-bond acceptors (Lipinski definition) is 3. The lowest BCUT2D eigenvalue weighted by atomic mass is 9.89. The van der Waals surface area contributed by atoms with Gasteiger partial charge in [-0.15, -0.1) is 0 Å². The van der Waals surface area contributed by atoms with Crippen LogP contribution in [0.25, 0.3) is 0 Å². The molecule has 1 fully saturated rings. The molecular weight excluding hydrogens is 286 g/mol. The van der Waals surface area contributed by atoms with Crippen molar-refractivity contribution in [2.75, 3.05) is 13.2 Å². The molecule has 2 N–H and O–H groups in total. The Labute approximate surface area is 137 Å². The van der Waals surface area contributed by atoms with E-state index in [1.165, 1.54) is 11.1 Å². The molecule has 0 radical (unpaired) electrons. The number of benzene rings is 1. The molecule has 1 aliphatic heterocycles. The Balaban J connectivity index is 1.93. The number of aryl methyl sites for hydroxylation is 2. The lowest BCUT2D eigenvalue weighted by Gasteiger charge is -2.30. The zero-order valence-electron chi connectivity index (χ0n) is 13.9. The lowest BCUT2D eigenvalue weighted by molar-refractivity contribution is 0.345. The van der Waals surface area contributed by atoms with Crippen molar-refractivity contribution >= 4 is 0 Å². The van der Waals surface area contributed by atoms with Gasteiger partial charge in [-0.05, 0) is 30.5 Å². The van der Waals surface area contributed by atoms with Gasteiger partial charge in [-0.3, -0.25) is 10.1 Å². The van der Waals surface area contributed by atoms with Crippen molar-refractivity contribution in [2.24, 2.45) is 0 Å². The van der Waals surface area contributed by atoms with E-state index < -0.39 is 0 Å². The summed E-state index contributed by atoms with van der Waals surface area (Å²) >= 11 is 0. The first-order valence-corrected chi connectivity index (χ1v) is 8.36. The maximum atomic E-state index is 12.4. The van der Waals surface area contributed by atoms with Gasteiger partial charge in [0.25, 0.3) is 5.56 Å². The summed E-state index contributed by atoms with van der Waals surface area (Å²) in [5.74, 6) is 0. The van der Waals surface area contributed by atoms with Gasteiger partial charge in [-0.2, -0.15) is 0 Å². The van der Waals surface area contributed by atoms with E-state index in [0.717, 1.165) is 31.6 Å². The first kappa shape index (κ1) is 16.0. The van der Waals surface area contributed by atoms with Gasteiger partial charge >= 0.3 is 0 Å². The third-order valence-corrected chi connectivity index (χ3v) is 4.67. The normalized spacial score (nSPS) is 20.8. The summed E-state index contributed by atoms with van der Waals surface area (Å²) in [5, 5.41) is 6.94. The number of nitrogens with one attached hydrogen (secondary N) is 2. The second-order valence-corrected chi connectivity index (χ2v) is 6.43. The van der Waals surface area contributed by atoms with Gasteiger partial charge in [0.2, 0.25) is 0 Å². The molecule has 0 bridgehead atoms. The largest absolute Gasteiger partial charge is 0.313 e. The topological polar surface area (TPSA) is 46.1 Å². The predicted molar refractivity (Wildman–Crippen MR) is 93.6 cm³/mol. The first-order valence-electron chi connectivity index (χ1n) is 8.36. The molecule has 1 atom stereocenters. The second kappa shape index (κ2) is 6.69. The third-order valence-electron chi connectivity index (χ3n) is 4.67. The van der Waals surface area contributed by atoms with Crippen LogP contribution < -0.4 is 16.2 Å². The van der Waals surface area contributed by atoms with E-state index >= 15 is 0 Å². The number of hydrogen-bond donors (Lipinski definition) is 2. The van der Waals surface area contributed by atoms with Crippen LogP contribution in [0.15, 0.2) is 47.4 Å². The molecule has 1 aliphatic rings. The van der Waals surface area contributed by atoms with Crippen LogP contribution in [0.2, 0.25) is 0 Å². The number of aromatic nitrogens is 1. The average molecular weight is 311 g/mol. The third kappa shape index (κ3) is 3.23. The Morgan fingerprint density at radius 3 is 2.65 bits per heavy atom. The van der Waals surface area contributed by atoms with E-state index in [4.69, 9.17) is 0 Å². The molecule has 1 aromatic carbocycles. The molecule has 2 aromatic rings. The standard InChI is InChI=1S/C19H25N3O/c1-3-5-16-7-9-17(10-8-16)19(12-20-14-21-19)13-22-11-4-6-15(2)18(22)23/h4,6-11,20-21H,3,5,12-14H2,1-2H3. The fraction of sp³-hybridized carbons (Fsp3) is 0.421. The van der Waals surface area contributed by atoms with Crippen LogP contribution in [0.3, 0.4) is 0 Å². The highest BCUT2D eigenvalue weighted by molar-refractivity contribution is 5.30. The number of nitrogens with zero attached hydrogens (tertiary/aromatic N) is 1. The smallest absolute Gasteiger partial charge is 0.253 e. The molecule has 0 amide bonds. The van der Waals surface area contributed by atoms with Gasteiger partial charge in [0.05, 0.1) is 5.54 Å². The fourth-order valence-corrected chi connectivity index (χ4v) is 3.33. The molecule has 0 saturated carbocycles. The van der Waals surface area contributed by atoms with Crippen LogP contribution >= 0.6 is 0 Å². The molecule has 23 heavy (non-hydrogen) atoms. The molecule has 3 rings (SSSR count). The quantitative estimate of drug-likeness (QED) is 0.889. The zero-order chi connectivity index (χ0) is 16.3. The van der Waals surface area contributed by atoms with Gasteiger partial charge in [0.1, 0.15) is 0 Å². The molecule has 122 valence electrons. The van der Waals surface area contributed by atoms with Crippen molar-refractivity contribution < 1.29 is 0 Å². The van der Waals surface area contributed by atoms with Gasteiger partial charge in [-0.1, -0.05) is 43.7 Å². The van der Waals surface area contributed by atoms with Crippen molar-refractivity contribution in [3.63, 3.8) is 0 Å². The van der Waals surface area contributed by atoms with Crippen molar-refractivity contribution in [2.45, 2.75) is 38.8 Å². The van der Waals surface area contributed by atoms with Crippen molar-refractivity contribution in [1.82, 2.24) is 15.2 Å². The average Bonchev–Trinajstić information content (AvgIpc) is 3.03. The molecule has 1 unspecified atom stereocenters. The van der Waals surface area contributed by atoms with E-state index in [0.29, 0.717) is 6.54 Å². The second-order valence-electron chi connectivity index (χ2n) is 6.43. The van der Waals surface area contributed by atoms with Gasteiger partial charge < -0.3 is 9.88 Å². The zero-order valence-corrected chi connectivity index (χ0v) is 13.9. The van der Waals surface area contributed by atoms with E-state index in [1.54, 1.807) is 0 Å². The summed E-state index contributed by atoms with van der Waals surface area (Å²) in [4.78, 5) is 12.4. The monoisotopic (exact) mass is 311 g/mol. The number of rotatable bonds is 5. The Bertz CT molecular complexity index is 712. The summed E-state index contributed by atoms with van der Waals surface area (Å²) in [5.41, 5.74) is 3.23. The maximum Gasteiger partial charge on any atom is 0.253 e. The summed E-state index contributed by atoms with van der Waals surface area (Å²) in [7, 11) is 0. The highest BCUT2D eigenvalue weighted by Gasteiger charge is 2.35. The molecule has 1 aromatic heterocycles. The Morgan fingerprint density at radius 1 is 1.22 bits per heavy atom. The Kier molecular flexibility index (Phi) is 4.64. The van der Waals surface area contributed by atoms with Crippen molar-refractivity contribution in [3.05, 3.63) is 69.6 Å². The van der Waals surface area contributed by atoms with Gasteiger partial charge in [-0.25, -0.2) is 0 Å². The Hall–Kier alpha value is -1.91. The first-order chi connectivity index (χ1) is 11.1. The minimum atomic E-state index is -0.234. The van der Waals surface area contributed by atoms with Crippen molar-refractivity contribution in [3.8, 4) is 0 Å². The summed E-state index contributed by atoms with van der Waals surface area (Å²) in [6.07, 6.45) is 4.14. The molecule has 2 heterocycles. The van der Waals surface area contributed by atoms with Crippen LogP contribution in [0, 0.1) is 6.92 Å². The minimum absolute atomic E-state index is 0.0863. The summed E-state index contributed by atoms with van der Waals surface area (Å²) in [6, 6.07) is 12.6. The van der Waals surface area contributed by atoms with Crippen molar-refractivity contribution in [1.29, 1.82) is 0 Å². The van der Waals surface area contributed by atoms with Crippen LogP contribution in [0.5, 0.6) is 0 Å². The summed E-state index contributed by atoms with van der Waals surface area (Å²) < 4.78 is 1.81. The SMILES string of the molecule is CCCc1ccc(C2(Cn3cccc(C)c3=O)CNCN2)cc1.